The second-order valence-corrected chi connectivity index (χ2v) is 8.11. The molecule has 1 amide bonds. The molecule has 2 aromatic rings. The molecule has 0 saturated carbocycles. The van der Waals surface area contributed by atoms with Crippen molar-refractivity contribution < 1.29 is 9.53 Å². The quantitative estimate of drug-likeness (QED) is 0.828. The normalized spacial score (nSPS) is 20.4. The maximum absolute atomic E-state index is 13.1. The van der Waals surface area contributed by atoms with Crippen LogP contribution in [0, 0.1) is 0 Å². The number of ether oxygens (including phenoxy) is 1. The Kier molecular flexibility index (Phi) is 4.69. The molecule has 4 heterocycles. The number of hydrogen-bond acceptors (Lipinski definition) is 3. The third-order valence-electron chi connectivity index (χ3n) is 5.66. The van der Waals surface area contributed by atoms with Crippen LogP contribution in [-0.2, 0) is 21.6 Å². The second-order valence-electron chi connectivity index (χ2n) is 7.11. The number of aromatic nitrogens is 1. The number of nitrogens with zero attached hydrogens (tertiary/aromatic N) is 2. The van der Waals surface area contributed by atoms with Crippen molar-refractivity contribution in [3.63, 3.8) is 0 Å². The van der Waals surface area contributed by atoms with E-state index in [2.05, 4.69) is 27.8 Å². The number of amides is 1. The van der Waals surface area contributed by atoms with Gasteiger partial charge in [0.05, 0.1) is 12.2 Å². The summed E-state index contributed by atoms with van der Waals surface area (Å²) in [6, 6.07) is 6.15. The van der Waals surface area contributed by atoms with Crippen molar-refractivity contribution >= 4 is 17.2 Å². The summed E-state index contributed by atoms with van der Waals surface area (Å²) in [5, 5.41) is 2.18. The molecule has 0 aliphatic carbocycles. The third kappa shape index (κ3) is 3.04. The minimum atomic E-state index is -0.155. The van der Waals surface area contributed by atoms with E-state index in [-0.39, 0.29) is 17.6 Å². The van der Waals surface area contributed by atoms with Crippen LogP contribution in [0.4, 0.5) is 0 Å². The van der Waals surface area contributed by atoms with Crippen molar-refractivity contribution in [1.29, 1.82) is 0 Å². The number of fused-ring (bicyclic) bond motifs is 2. The highest BCUT2D eigenvalue weighted by atomic mass is 32.1. The molecule has 1 saturated heterocycles. The monoisotopic (exact) mass is 358 g/mol. The summed E-state index contributed by atoms with van der Waals surface area (Å²) in [5.74, 6) is 0.259. The molecule has 134 valence electrons. The molecule has 4 nitrogen and oxygen atoms in total. The van der Waals surface area contributed by atoms with Gasteiger partial charge in [-0.05, 0) is 48.4 Å². The minimum absolute atomic E-state index is 0.0713. The summed E-state index contributed by atoms with van der Waals surface area (Å²) in [6.07, 6.45) is 8.76. The highest BCUT2D eigenvalue weighted by Gasteiger charge is 2.42. The summed E-state index contributed by atoms with van der Waals surface area (Å²) in [7, 11) is 0. The molecule has 5 heteroatoms. The van der Waals surface area contributed by atoms with E-state index in [9.17, 15) is 4.79 Å². The van der Waals surface area contributed by atoms with E-state index in [4.69, 9.17) is 4.74 Å². The zero-order valence-corrected chi connectivity index (χ0v) is 15.6. The van der Waals surface area contributed by atoms with Crippen molar-refractivity contribution in [1.82, 2.24) is 9.47 Å². The number of carbonyl (C=O) groups is 1. The van der Waals surface area contributed by atoms with Gasteiger partial charge in [-0.1, -0.05) is 13.3 Å². The average molecular weight is 359 g/mol. The van der Waals surface area contributed by atoms with Crippen LogP contribution in [0.3, 0.4) is 0 Å². The highest BCUT2D eigenvalue weighted by molar-refractivity contribution is 7.10. The van der Waals surface area contributed by atoms with Crippen LogP contribution in [-0.4, -0.2) is 35.1 Å². The Labute approximate surface area is 153 Å². The van der Waals surface area contributed by atoms with Gasteiger partial charge in [0.25, 0.3) is 0 Å². The number of carbonyl (C=O) groups excluding carboxylic acids is 1. The first kappa shape index (κ1) is 16.9. The lowest BCUT2D eigenvalue weighted by molar-refractivity contribution is -0.144. The van der Waals surface area contributed by atoms with Crippen LogP contribution >= 0.6 is 11.3 Å². The van der Waals surface area contributed by atoms with Crippen molar-refractivity contribution in [3.05, 3.63) is 46.4 Å². The van der Waals surface area contributed by atoms with Crippen LogP contribution in [0.2, 0.25) is 0 Å². The van der Waals surface area contributed by atoms with Gasteiger partial charge in [0, 0.05) is 36.8 Å². The SMILES string of the molecule is CCCC(C(=O)N1CCC2(CC1)OCCc1sccc12)n1cccc1. The molecule has 25 heavy (non-hydrogen) atoms. The van der Waals surface area contributed by atoms with Crippen molar-refractivity contribution in [2.75, 3.05) is 19.7 Å². The maximum Gasteiger partial charge on any atom is 0.245 e. The number of hydrogen-bond donors (Lipinski definition) is 0. The van der Waals surface area contributed by atoms with Crippen LogP contribution in [0.1, 0.15) is 49.1 Å². The third-order valence-corrected chi connectivity index (χ3v) is 6.64. The van der Waals surface area contributed by atoms with Gasteiger partial charge in [0.2, 0.25) is 5.91 Å². The van der Waals surface area contributed by atoms with Gasteiger partial charge in [-0.3, -0.25) is 4.79 Å². The van der Waals surface area contributed by atoms with Gasteiger partial charge in [0.1, 0.15) is 6.04 Å². The largest absolute Gasteiger partial charge is 0.370 e. The van der Waals surface area contributed by atoms with Gasteiger partial charge >= 0.3 is 0 Å². The lowest BCUT2D eigenvalue weighted by Crippen LogP contribution is -2.49. The average Bonchev–Trinajstić information content (AvgIpc) is 3.32. The van der Waals surface area contributed by atoms with E-state index in [1.807, 2.05) is 35.9 Å². The Morgan fingerprint density at radius 1 is 1.32 bits per heavy atom. The first-order valence-electron chi connectivity index (χ1n) is 9.35. The van der Waals surface area contributed by atoms with Gasteiger partial charge < -0.3 is 14.2 Å². The van der Waals surface area contributed by atoms with E-state index < -0.39 is 0 Å². The van der Waals surface area contributed by atoms with E-state index in [1.54, 1.807) is 0 Å². The highest BCUT2D eigenvalue weighted by Crippen LogP contribution is 2.43. The molecule has 1 fully saturated rings. The molecule has 0 bridgehead atoms. The molecule has 2 aliphatic rings. The molecule has 1 unspecified atom stereocenters. The second kappa shape index (κ2) is 6.96. The fourth-order valence-electron chi connectivity index (χ4n) is 4.30. The van der Waals surface area contributed by atoms with Gasteiger partial charge in [-0.2, -0.15) is 0 Å². The fraction of sp³-hybridized carbons (Fsp3) is 0.550. The molecule has 2 aromatic heterocycles. The molecule has 1 atom stereocenters. The predicted octanol–water partition coefficient (Wildman–Crippen LogP) is 3.98. The summed E-state index contributed by atoms with van der Waals surface area (Å²) < 4.78 is 8.32. The molecule has 2 aliphatic heterocycles. The van der Waals surface area contributed by atoms with Gasteiger partial charge in [-0.25, -0.2) is 0 Å². The van der Waals surface area contributed by atoms with Crippen LogP contribution < -0.4 is 0 Å². The first-order valence-corrected chi connectivity index (χ1v) is 10.2. The van der Waals surface area contributed by atoms with E-state index >= 15 is 0 Å². The number of thiophene rings is 1. The number of piperidine rings is 1. The summed E-state index contributed by atoms with van der Waals surface area (Å²) >= 11 is 1.85. The Morgan fingerprint density at radius 3 is 2.80 bits per heavy atom. The van der Waals surface area contributed by atoms with Gasteiger partial charge in [-0.15, -0.1) is 11.3 Å². The van der Waals surface area contributed by atoms with E-state index in [0.717, 1.165) is 51.8 Å². The zero-order valence-electron chi connectivity index (χ0n) is 14.8. The van der Waals surface area contributed by atoms with Crippen molar-refractivity contribution in [2.24, 2.45) is 0 Å². The van der Waals surface area contributed by atoms with Crippen LogP contribution in [0.15, 0.2) is 36.0 Å². The molecule has 1 spiro atoms. The molecule has 4 rings (SSSR count). The Balaban J connectivity index is 1.48. The van der Waals surface area contributed by atoms with Gasteiger partial charge in [0.15, 0.2) is 0 Å². The fourth-order valence-corrected chi connectivity index (χ4v) is 5.25. The molecule has 0 N–H and O–H groups in total. The predicted molar refractivity (Wildman–Crippen MR) is 99.8 cm³/mol. The minimum Gasteiger partial charge on any atom is -0.370 e. The summed E-state index contributed by atoms with van der Waals surface area (Å²) in [4.78, 5) is 16.6. The smallest absolute Gasteiger partial charge is 0.245 e. The van der Waals surface area contributed by atoms with E-state index in [1.165, 1.54) is 10.4 Å². The Hall–Kier alpha value is -1.59. The van der Waals surface area contributed by atoms with Crippen molar-refractivity contribution in [3.8, 4) is 0 Å². The summed E-state index contributed by atoms with van der Waals surface area (Å²) in [6.45, 7) is 4.53. The Bertz CT molecular complexity index is 714. The molecule has 0 radical (unpaired) electrons. The lowest BCUT2D eigenvalue weighted by Gasteiger charge is -2.44. The summed E-state index contributed by atoms with van der Waals surface area (Å²) in [5.41, 5.74) is 1.23. The van der Waals surface area contributed by atoms with E-state index in [0.29, 0.717) is 0 Å². The maximum atomic E-state index is 13.1. The molecule has 0 aromatic carbocycles. The van der Waals surface area contributed by atoms with Crippen LogP contribution in [0.5, 0.6) is 0 Å². The Morgan fingerprint density at radius 2 is 2.08 bits per heavy atom. The molecular weight excluding hydrogens is 332 g/mol. The molecular formula is C20H26N2O2S. The number of likely N-dealkylation sites (tertiary alicyclic amines) is 1. The first-order chi connectivity index (χ1) is 12.2. The number of rotatable bonds is 4. The van der Waals surface area contributed by atoms with Crippen molar-refractivity contribution in [2.45, 2.75) is 50.7 Å². The standard InChI is InChI=1S/C20H26N2O2S/c1-2-5-17(21-10-3-4-11-21)19(23)22-12-8-20(9-13-22)16-7-15-25-18(16)6-14-24-20/h3-4,7,10-11,15,17H,2,5-6,8-9,12-14H2,1H3. The zero-order chi connectivity index (χ0) is 17.3. The lowest BCUT2D eigenvalue weighted by atomic mass is 9.82. The van der Waals surface area contributed by atoms with Crippen LogP contribution in [0.25, 0.3) is 0 Å². The topological polar surface area (TPSA) is 34.5 Å².